The van der Waals surface area contributed by atoms with Crippen LogP contribution in [0.3, 0.4) is 0 Å². The number of fused-ring (bicyclic) bond motifs is 1. The van der Waals surface area contributed by atoms with Crippen LogP contribution in [0.5, 0.6) is 5.88 Å². The number of pyridine rings is 1. The second kappa shape index (κ2) is 7.04. The van der Waals surface area contributed by atoms with E-state index in [0.29, 0.717) is 31.3 Å². The van der Waals surface area contributed by atoms with Gasteiger partial charge in [0.05, 0.1) is 30.7 Å². The van der Waals surface area contributed by atoms with Crippen molar-refractivity contribution in [1.29, 1.82) is 0 Å². The maximum Gasteiger partial charge on any atom is 0.232 e. The van der Waals surface area contributed by atoms with Gasteiger partial charge in [-0.05, 0) is 31.4 Å². The van der Waals surface area contributed by atoms with Crippen LogP contribution in [0.4, 0.5) is 5.82 Å². The lowest BCUT2D eigenvalue weighted by Gasteiger charge is -2.26. The van der Waals surface area contributed by atoms with E-state index in [1.54, 1.807) is 6.20 Å². The molecular weight excluding hydrogens is 354 g/mol. The third-order valence-corrected chi connectivity index (χ3v) is 5.87. The summed E-state index contributed by atoms with van der Waals surface area (Å²) in [4.78, 5) is 30.3. The van der Waals surface area contributed by atoms with Crippen molar-refractivity contribution in [2.45, 2.75) is 50.7 Å². The van der Waals surface area contributed by atoms with E-state index in [9.17, 15) is 4.79 Å². The van der Waals surface area contributed by atoms with Crippen molar-refractivity contribution in [2.24, 2.45) is 0 Å². The van der Waals surface area contributed by atoms with Gasteiger partial charge in [0.15, 0.2) is 0 Å². The van der Waals surface area contributed by atoms with Gasteiger partial charge in [0, 0.05) is 38.0 Å². The largest absolute Gasteiger partial charge is 0.471 e. The lowest BCUT2D eigenvalue weighted by atomic mass is 10.2. The number of anilines is 1. The van der Waals surface area contributed by atoms with Gasteiger partial charge in [0.1, 0.15) is 11.9 Å². The van der Waals surface area contributed by atoms with Gasteiger partial charge in [-0.3, -0.25) is 9.78 Å². The molecule has 0 spiro atoms. The van der Waals surface area contributed by atoms with Gasteiger partial charge in [-0.15, -0.1) is 0 Å². The molecule has 4 heterocycles. The number of rotatable bonds is 4. The van der Waals surface area contributed by atoms with E-state index < -0.39 is 0 Å². The smallest absolute Gasteiger partial charge is 0.232 e. The Morgan fingerprint density at radius 3 is 2.68 bits per heavy atom. The van der Waals surface area contributed by atoms with Gasteiger partial charge in [0.25, 0.3) is 0 Å². The number of aryl methyl sites for hydroxylation is 1. The number of hydrogen-bond acceptors (Lipinski definition) is 6. The quantitative estimate of drug-likeness (QED) is 0.812. The fourth-order valence-corrected chi connectivity index (χ4v) is 4.16. The van der Waals surface area contributed by atoms with E-state index in [4.69, 9.17) is 4.74 Å². The molecule has 0 radical (unpaired) electrons. The lowest BCUT2D eigenvalue weighted by Crippen LogP contribution is -2.38. The van der Waals surface area contributed by atoms with Crippen molar-refractivity contribution in [3.63, 3.8) is 0 Å². The first kappa shape index (κ1) is 17.4. The van der Waals surface area contributed by atoms with Gasteiger partial charge in [0.2, 0.25) is 11.8 Å². The van der Waals surface area contributed by atoms with E-state index in [2.05, 4.69) is 25.9 Å². The minimum atomic E-state index is -0.0408. The molecule has 3 fully saturated rings. The molecule has 0 unspecified atom stereocenters. The Hall–Kier alpha value is -2.70. The molecule has 7 nitrogen and oxygen atoms in total. The van der Waals surface area contributed by atoms with Crippen LogP contribution in [0, 0.1) is 6.92 Å². The Kier molecular flexibility index (Phi) is 4.37. The molecule has 2 aliphatic heterocycles. The van der Waals surface area contributed by atoms with E-state index >= 15 is 0 Å². The summed E-state index contributed by atoms with van der Waals surface area (Å²) >= 11 is 0. The summed E-state index contributed by atoms with van der Waals surface area (Å²) in [6.45, 7) is 4.14. The molecule has 0 bridgehead atoms. The SMILES string of the molecule is Cc1ccc(N2CCC(=O)N3C[C@@H](Oc4cnc(C5CC5)cn4)C[C@@H]3C2)nc1. The van der Waals surface area contributed by atoms with Crippen LogP contribution < -0.4 is 9.64 Å². The number of hydrogen-bond donors (Lipinski definition) is 0. The molecular formula is C21H25N5O2. The van der Waals surface area contributed by atoms with Crippen LogP contribution >= 0.6 is 0 Å². The number of ether oxygens (including phenoxy) is 1. The summed E-state index contributed by atoms with van der Waals surface area (Å²) in [6.07, 6.45) is 9.13. The van der Waals surface area contributed by atoms with Gasteiger partial charge in [-0.25, -0.2) is 9.97 Å². The van der Waals surface area contributed by atoms with Gasteiger partial charge >= 0.3 is 0 Å². The molecule has 5 rings (SSSR count). The molecule has 0 aromatic carbocycles. The minimum Gasteiger partial charge on any atom is -0.471 e. The van der Waals surface area contributed by atoms with Crippen molar-refractivity contribution in [3.05, 3.63) is 42.0 Å². The molecule has 0 N–H and O–H groups in total. The lowest BCUT2D eigenvalue weighted by molar-refractivity contribution is -0.131. The number of aromatic nitrogens is 3. The summed E-state index contributed by atoms with van der Waals surface area (Å²) in [5.74, 6) is 2.27. The van der Waals surface area contributed by atoms with Crippen molar-refractivity contribution in [3.8, 4) is 5.88 Å². The van der Waals surface area contributed by atoms with Crippen LogP contribution in [-0.2, 0) is 4.79 Å². The maximum absolute atomic E-state index is 12.6. The summed E-state index contributed by atoms with van der Waals surface area (Å²) in [5, 5.41) is 0. The normalized spacial score (nSPS) is 24.8. The van der Waals surface area contributed by atoms with Crippen LogP contribution in [0.1, 0.15) is 42.9 Å². The average molecular weight is 379 g/mol. The summed E-state index contributed by atoms with van der Waals surface area (Å²) in [5.41, 5.74) is 2.20. The monoisotopic (exact) mass is 379 g/mol. The fraction of sp³-hybridized carbons (Fsp3) is 0.524. The van der Waals surface area contributed by atoms with Crippen LogP contribution in [0.25, 0.3) is 0 Å². The third kappa shape index (κ3) is 3.53. The van der Waals surface area contributed by atoms with Crippen molar-refractivity contribution in [1.82, 2.24) is 19.9 Å². The highest BCUT2D eigenvalue weighted by Gasteiger charge is 2.39. The summed E-state index contributed by atoms with van der Waals surface area (Å²) in [7, 11) is 0. The predicted molar refractivity (Wildman–Crippen MR) is 104 cm³/mol. The Labute approximate surface area is 164 Å². The van der Waals surface area contributed by atoms with Gasteiger partial charge in [-0.2, -0.15) is 0 Å². The van der Waals surface area contributed by atoms with E-state index in [-0.39, 0.29) is 18.1 Å². The first-order chi connectivity index (χ1) is 13.7. The molecule has 1 saturated carbocycles. The van der Waals surface area contributed by atoms with E-state index in [0.717, 1.165) is 30.0 Å². The molecule has 28 heavy (non-hydrogen) atoms. The van der Waals surface area contributed by atoms with Crippen molar-refractivity contribution in [2.75, 3.05) is 24.5 Å². The standard InChI is InChI=1S/C21H25N5O2/c1-14-2-5-19(23-9-14)25-7-6-21(27)26-13-17(8-16(26)12-25)28-20-11-22-18(10-24-20)15-3-4-15/h2,5,9-11,15-17H,3-4,6-8,12-13H2,1H3/t16-,17+/m1/s1. The molecule has 1 amide bonds. The van der Waals surface area contributed by atoms with Crippen LogP contribution in [0.2, 0.25) is 0 Å². The second-order valence-electron chi connectivity index (χ2n) is 8.12. The first-order valence-electron chi connectivity index (χ1n) is 10.1. The minimum absolute atomic E-state index is 0.0408. The number of carbonyl (C=O) groups excluding carboxylic acids is 1. The zero-order chi connectivity index (χ0) is 19.1. The molecule has 2 saturated heterocycles. The first-order valence-corrected chi connectivity index (χ1v) is 10.1. The molecule has 7 heteroatoms. The topological polar surface area (TPSA) is 71.5 Å². The van der Waals surface area contributed by atoms with E-state index in [1.165, 1.54) is 12.8 Å². The molecule has 3 aliphatic rings. The number of amides is 1. The highest BCUT2D eigenvalue weighted by atomic mass is 16.5. The Balaban J connectivity index is 1.26. The van der Waals surface area contributed by atoms with Crippen molar-refractivity contribution >= 4 is 11.7 Å². The Bertz CT molecular complexity index is 850. The van der Waals surface area contributed by atoms with Crippen LogP contribution in [0.15, 0.2) is 30.7 Å². The summed E-state index contributed by atoms with van der Waals surface area (Å²) < 4.78 is 6.07. The third-order valence-electron chi connectivity index (χ3n) is 5.87. The van der Waals surface area contributed by atoms with Gasteiger partial charge < -0.3 is 14.5 Å². The van der Waals surface area contributed by atoms with Crippen molar-refractivity contribution < 1.29 is 9.53 Å². The molecule has 146 valence electrons. The number of carbonyl (C=O) groups is 1. The highest BCUT2D eigenvalue weighted by Crippen LogP contribution is 2.38. The molecule has 2 aromatic rings. The summed E-state index contributed by atoms with van der Waals surface area (Å²) in [6, 6.07) is 4.24. The van der Waals surface area contributed by atoms with Gasteiger partial charge in [-0.1, -0.05) is 6.07 Å². The molecule has 2 aromatic heterocycles. The zero-order valence-electron chi connectivity index (χ0n) is 16.1. The fourth-order valence-electron chi connectivity index (χ4n) is 4.16. The number of nitrogens with zero attached hydrogens (tertiary/aromatic N) is 5. The Morgan fingerprint density at radius 2 is 1.96 bits per heavy atom. The zero-order valence-corrected chi connectivity index (χ0v) is 16.1. The van der Waals surface area contributed by atoms with Crippen LogP contribution in [-0.4, -0.2) is 57.5 Å². The predicted octanol–water partition coefficient (Wildman–Crippen LogP) is 2.32. The molecule has 1 aliphatic carbocycles. The Morgan fingerprint density at radius 1 is 1.07 bits per heavy atom. The molecule has 2 atom stereocenters. The average Bonchev–Trinajstić information content (AvgIpc) is 3.49. The van der Waals surface area contributed by atoms with E-state index in [1.807, 2.05) is 30.3 Å². The second-order valence-corrected chi connectivity index (χ2v) is 8.12. The maximum atomic E-state index is 12.6. The highest BCUT2D eigenvalue weighted by molar-refractivity contribution is 5.78.